The average Bonchev–Trinajstić information content (AvgIpc) is 3.26. The number of thiophene rings is 1. The van der Waals surface area contributed by atoms with Gasteiger partial charge in [-0.15, -0.1) is 11.3 Å². The molecule has 0 saturated carbocycles. The Kier molecular flexibility index (Phi) is 9.83. The first-order valence-electron chi connectivity index (χ1n) is 12.6. The van der Waals surface area contributed by atoms with Crippen LogP contribution < -0.4 is 4.74 Å². The van der Waals surface area contributed by atoms with Crippen LogP contribution in [0.4, 0.5) is 13.2 Å². The van der Waals surface area contributed by atoms with Crippen LogP contribution in [-0.2, 0) is 22.4 Å². The molecule has 1 atom stereocenters. The zero-order chi connectivity index (χ0) is 26.3. The first-order chi connectivity index (χ1) is 17.1. The van der Waals surface area contributed by atoms with E-state index in [1.54, 1.807) is 37.3 Å². The molecule has 7 heteroatoms. The quantitative estimate of drug-likeness (QED) is 0.177. The molecule has 1 heterocycles. The Bertz CT molecular complexity index is 1150. The molecule has 0 fully saturated rings. The van der Waals surface area contributed by atoms with E-state index in [0.717, 1.165) is 27.8 Å². The molecule has 3 nitrogen and oxygen atoms in total. The molecule has 3 rings (SSSR count). The number of carbonyl (C=O) groups is 1. The molecule has 0 bridgehead atoms. The highest BCUT2D eigenvalue weighted by Crippen LogP contribution is 2.38. The van der Waals surface area contributed by atoms with Gasteiger partial charge >= 0.3 is 12.1 Å². The van der Waals surface area contributed by atoms with Crippen LogP contribution in [0.1, 0.15) is 58.1 Å². The third kappa shape index (κ3) is 7.48. The summed E-state index contributed by atoms with van der Waals surface area (Å²) < 4.78 is 51.6. The number of ether oxygens (including phenoxy) is 2. The van der Waals surface area contributed by atoms with Gasteiger partial charge in [-0.25, -0.2) is 0 Å². The number of hydrogen-bond acceptors (Lipinski definition) is 4. The molecule has 0 N–H and O–H groups in total. The Balaban J connectivity index is 1.74. The largest absolute Gasteiger partial charge is 0.493 e. The van der Waals surface area contributed by atoms with E-state index in [1.807, 2.05) is 6.07 Å². The Hall–Kier alpha value is -2.54. The van der Waals surface area contributed by atoms with Crippen molar-refractivity contribution in [1.82, 2.24) is 0 Å². The molecule has 0 saturated heterocycles. The summed E-state index contributed by atoms with van der Waals surface area (Å²) in [5.74, 6) is -2.67. The zero-order valence-corrected chi connectivity index (χ0v) is 22.2. The minimum absolute atomic E-state index is 0.363. The maximum Gasteiger partial charge on any atom is 0.398 e. The van der Waals surface area contributed by atoms with Crippen LogP contribution in [-0.4, -0.2) is 25.4 Å². The molecular formula is C29H35F3O3S. The second-order valence-corrected chi connectivity index (χ2v) is 10.5. The van der Waals surface area contributed by atoms with Crippen LogP contribution >= 0.6 is 11.3 Å². The van der Waals surface area contributed by atoms with E-state index in [4.69, 9.17) is 9.47 Å². The minimum Gasteiger partial charge on any atom is -0.493 e. The summed E-state index contributed by atoms with van der Waals surface area (Å²) in [5.41, 5.74) is 3.86. The summed E-state index contributed by atoms with van der Waals surface area (Å²) >= 11 is 1.61. The monoisotopic (exact) mass is 520 g/mol. The maximum absolute atomic E-state index is 13.4. The fourth-order valence-corrected chi connectivity index (χ4v) is 5.08. The summed E-state index contributed by atoms with van der Waals surface area (Å²) in [7, 11) is 0. The lowest BCUT2D eigenvalue weighted by Gasteiger charge is -2.21. The molecule has 0 aliphatic rings. The van der Waals surface area contributed by atoms with Crippen molar-refractivity contribution in [2.75, 3.05) is 13.2 Å². The van der Waals surface area contributed by atoms with Crippen LogP contribution in [0.2, 0.25) is 0 Å². The van der Waals surface area contributed by atoms with E-state index in [-0.39, 0.29) is 0 Å². The second-order valence-electron chi connectivity index (χ2n) is 9.45. The molecule has 1 unspecified atom stereocenters. The van der Waals surface area contributed by atoms with Gasteiger partial charge in [0.05, 0.1) is 5.92 Å². The van der Waals surface area contributed by atoms with E-state index in [0.29, 0.717) is 5.75 Å². The van der Waals surface area contributed by atoms with Gasteiger partial charge in [-0.3, -0.25) is 4.79 Å². The molecule has 196 valence electrons. The first kappa shape index (κ1) is 28.0. The Morgan fingerprint density at radius 1 is 1.00 bits per heavy atom. The van der Waals surface area contributed by atoms with Crippen molar-refractivity contribution in [3.63, 3.8) is 0 Å². The molecular weight excluding hydrogens is 485 g/mol. The van der Waals surface area contributed by atoms with Crippen molar-refractivity contribution in [1.29, 1.82) is 0 Å². The molecule has 0 aliphatic carbocycles. The summed E-state index contributed by atoms with van der Waals surface area (Å²) in [6, 6.07) is 14.1. The number of benzene rings is 2. The van der Waals surface area contributed by atoms with E-state index >= 15 is 0 Å². The third-order valence-electron chi connectivity index (χ3n) is 6.19. The van der Waals surface area contributed by atoms with Gasteiger partial charge in [0.25, 0.3) is 0 Å². The van der Waals surface area contributed by atoms with Crippen molar-refractivity contribution in [2.24, 2.45) is 11.8 Å². The predicted octanol–water partition coefficient (Wildman–Crippen LogP) is 8.62. The molecule has 2 aromatic carbocycles. The number of rotatable bonds is 12. The molecule has 3 aromatic rings. The Labute approximate surface area is 215 Å². The molecule has 36 heavy (non-hydrogen) atoms. The van der Waals surface area contributed by atoms with Gasteiger partial charge < -0.3 is 9.47 Å². The highest BCUT2D eigenvalue weighted by molar-refractivity contribution is 7.22. The second kappa shape index (κ2) is 12.6. The van der Waals surface area contributed by atoms with E-state index in [1.165, 1.54) is 36.0 Å². The smallest absolute Gasteiger partial charge is 0.398 e. The topological polar surface area (TPSA) is 35.5 Å². The van der Waals surface area contributed by atoms with Gasteiger partial charge in [0.1, 0.15) is 24.9 Å². The lowest BCUT2D eigenvalue weighted by atomic mass is 9.98. The van der Waals surface area contributed by atoms with Gasteiger partial charge in [0, 0.05) is 9.58 Å². The van der Waals surface area contributed by atoms with Gasteiger partial charge in [-0.05, 0) is 65.6 Å². The standard InChI is InChI=1S/C29H35F3O3S/c1-5-7-8-9-20-10-13-25(21(6-2)14-20)27-15-22-11-12-24(16-26(22)36-27)34-17-23(29(30,31)32)18-35-28(33)19(3)4/h10-16,19,23H,5-9,17-18H2,1-4H3. The molecule has 1 aromatic heterocycles. The number of hydrogen-bond donors (Lipinski definition) is 0. The van der Waals surface area contributed by atoms with Gasteiger partial charge in [0.15, 0.2) is 0 Å². The van der Waals surface area contributed by atoms with E-state index in [2.05, 4.69) is 38.1 Å². The molecule has 0 aliphatic heterocycles. The van der Waals surface area contributed by atoms with Crippen molar-refractivity contribution < 1.29 is 27.4 Å². The van der Waals surface area contributed by atoms with Crippen LogP contribution in [0.5, 0.6) is 5.75 Å². The van der Waals surface area contributed by atoms with Crippen molar-refractivity contribution >= 4 is 27.4 Å². The lowest BCUT2D eigenvalue weighted by Crippen LogP contribution is -2.34. The number of unbranched alkanes of at least 4 members (excludes halogenated alkanes) is 2. The summed E-state index contributed by atoms with van der Waals surface area (Å²) in [4.78, 5) is 12.7. The normalized spacial score (nSPS) is 12.8. The highest BCUT2D eigenvalue weighted by Gasteiger charge is 2.41. The minimum atomic E-state index is -4.53. The highest BCUT2D eigenvalue weighted by atomic mass is 32.1. The molecule has 0 spiro atoms. The SMILES string of the molecule is CCCCCc1ccc(-c2cc3ccc(OCC(COC(=O)C(C)C)C(F)(F)F)cc3s2)c(CC)c1. The van der Waals surface area contributed by atoms with Crippen LogP contribution in [0.25, 0.3) is 20.5 Å². The molecule has 0 amide bonds. The van der Waals surface area contributed by atoms with Crippen LogP contribution in [0.15, 0.2) is 42.5 Å². The van der Waals surface area contributed by atoms with Crippen molar-refractivity contribution in [3.8, 4) is 16.2 Å². The Morgan fingerprint density at radius 3 is 2.44 bits per heavy atom. The number of esters is 1. The van der Waals surface area contributed by atoms with E-state index in [9.17, 15) is 18.0 Å². The summed E-state index contributed by atoms with van der Waals surface area (Å²) in [6.45, 7) is 6.16. The van der Waals surface area contributed by atoms with Crippen molar-refractivity contribution in [2.45, 2.75) is 66.0 Å². The first-order valence-corrected chi connectivity index (χ1v) is 13.5. The number of aryl methyl sites for hydroxylation is 2. The average molecular weight is 521 g/mol. The maximum atomic E-state index is 13.4. The fraction of sp³-hybridized carbons (Fsp3) is 0.483. The van der Waals surface area contributed by atoms with Crippen LogP contribution in [0, 0.1) is 11.8 Å². The van der Waals surface area contributed by atoms with Gasteiger partial charge in [0.2, 0.25) is 0 Å². The molecule has 0 radical (unpaired) electrons. The lowest BCUT2D eigenvalue weighted by molar-refractivity contribution is -0.197. The predicted molar refractivity (Wildman–Crippen MR) is 141 cm³/mol. The van der Waals surface area contributed by atoms with Crippen molar-refractivity contribution in [3.05, 3.63) is 53.6 Å². The van der Waals surface area contributed by atoms with E-state index < -0.39 is 37.2 Å². The number of alkyl halides is 3. The summed E-state index contributed by atoms with van der Waals surface area (Å²) in [5, 5.41) is 1.02. The van der Waals surface area contributed by atoms with Gasteiger partial charge in [-0.1, -0.05) is 58.7 Å². The summed E-state index contributed by atoms with van der Waals surface area (Å²) in [6.07, 6.45) is 1.12. The third-order valence-corrected chi connectivity index (χ3v) is 7.32. The van der Waals surface area contributed by atoms with Gasteiger partial charge in [-0.2, -0.15) is 13.2 Å². The Morgan fingerprint density at radius 2 is 1.78 bits per heavy atom. The number of halogens is 3. The number of carbonyl (C=O) groups excluding carboxylic acids is 1. The number of fused-ring (bicyclic) bond motifs is 1. The fourth-order valence-electron chi connectivity index (χ4n) is 3.93. The zero-order valence-electron chi connectivity index (χ0n) is 21.4. The van der Waals surface area contributed by atoms with Crippen LogP contribution in [0.3, 0.4) is 0 Å².